The molecular weight excluding hydrogens is 608 g/mol. The molecule has 0 saturated heterocycles. The highest BCUT2D eigenvalue weighted by molar-refractivity contribution is 6.30. The van der Waals surface area contributed by atoms with Crippen LogP contribution >= 0.6 is 11.6 Å². The average Bonchev–Trinajstić information content (AvgIpc) is 3.33. The molecule has 0 spiro atoms. The smallest absolute Gasteiger partial charge is 0.382 e. The summed E-state index contributed by atoms with van der Waals surface area (Å²) < 4.78 is 83.4. The Morgan fingerprint density at radius 1 is 1.09 bits per heavy atom. The van der Waals surface area contributed by atoms with Crippen molar-refractivity contribution in [2.75, 3.05) is 0 Å². The number of aliphatic hydroxyl groups is 1. The van der Waals surface area contributed by atoms with Crippen LogP contribution in [0.4, 0.5) is 26.3 Å². The van der Waals surface area contributed by atoms with Crippen molar-refractivity contribution in [3.8, 4) is 17.1 Å². The first-order valence-corrected chi connectivity index (χ1v) is 13.1. The van der Waals surface area contributed by atoms with Crippen LogP contribution in [-0.2, 0) is 19.3 Å². The summed E-state index contributed by atoms with van der Waals surface area (Å²) in [6, 6.07) is 8.73. The number of aromatic nitrogens is 6. The van der Waals surface area contributed by atoms with Gasteiger partial charge in [-0.25, -0.2) is 19.1 Å². The van der Waals surface area contributed by atoms with Crippen LogP contribution < -0.4 is 11.0 Å². The molecule has 0 bridgehead atoms. The molecule has 0 radical (unpaired) electrons. The minimum atomic E-state index is -5.04. The number of carbonyl (C=O) groups excluding carboxylic acids is 1. The number of hydrogen-bond donors (Lipinski definition) is 2. The second kappa shape index (κ2) is 10.8. The number of nitrogens with zero attached hydrogens (tertiary/aromatic N) is 6. The Morgan fingerprint density at radius 2 is 1.77 bits per heavy atom. The highest BCUT2D eigenvalue weighted by atomic mass is 35.5. The highest BCUT2D eigenvalue weighted by Crippen LogP contribution is 2.37. The van der Waals surface area contributed by atoms with Gasteiger partial charge in [0.25, 0.3) is 5.91 Å². The van der Waals surface area contributed by atoms with Crippen LogP contribution in [0.1, 0.15) is 41.5 Å². The summed E-state index contributed by atoms with van der Waals surface area (Å²) in [5.74, 6) is -1.22. The number of benzene rings is 2. The third kappa shape index (κ3) is 6.44. The lowest BCUT2D eigenvalue weighted by Gasteiger charge is -2.18. The first-order chi connectivity index (χ1) is 20.1. The van der Waals surface area contributed by atoms with E-state index >= 15 is 0 Å². The monoisotopic (exact) mass is 629 g/mol. The van der Waals surface area contributed by atoms with Gasteiger partial charge < -0.3 is 10.4 Å². The summed E-state index contributed by atoms with van der Waals surface area (Å²) in [6.07, 6.45) is -10.5. The second-order valence-electron chi connectivity index (χ2n) is 10.3. The van der Waals surface area contributed by atoms with Crippen molar-refractivity contribution in [2.24, 2.45) is 0 Å². The van der Waals surface area contributed by atoms with Gasteiger partial charge in [0.05, 0.1) is 23.4 Å². The van der Waals surface area contributed by atoms with E-state index in [0.717, 1.165) is 23.1 Å². The fraction of sp³-hybridized carbons (Fsp3) is 0.346. The lowest BCUT2D eigenvalue weighted by atomic mass is 10.1. The van der Waals surface area contributed by atoms with Crippen LogP contribution in [-0.4, -0.2) is 57.9 Å². The van der Waals surface area contributed by atoms with E-state index in [1.54, 1.807) is 6.92 Å². The molecule has 5 rings (SSSR count). The summed E-state index contributed by atoms with van der Waals surface area (Å²) in [5, 5.41) is 20.8. The zero-order valence-corrected chi connectivity index (χ0v) is 22.9. The van der Waals surface area contributed by atoms with E-state index in [0.29, 0.717) is 27.1 Å². The van der Waals surface area contributed by atoms with Crippen LogP contribution in [0.2, 0.25) is 5.02 Å². The summed E-state index contributed by atoms with van der Waals surface area (Å²) in [7, 11) is 0. The Labute approximate surface area is 243 Å². The first-order valence-electron chi connectivity index (χ1n) is 12.7. The van der Waals surface area contributed by atoms with E-state index in [-0.39, 0.29) is 22.8 Å². The normalized spacial score (nSPS) is 15.4. The number of alkyl halides is 6. The van der Waals surface area contributed by atoms with E-state index in [2.05, 4.69) is 20.5 Å². The molecule has 1 atom stereocenters. The van der Waals surface area contributed by atoms with Gasteiger partial charge in [0.15, 0.2) is 17.8 Å². The molecule has 1 fully saturated rings. The van der Waals surface area contributed by atoms with Crippen LogP contribution in [0.15, 0.2) is 53.6 Å². The summed E-state index contributed by atoms with van der Waals surface area (Å²) in [6.45, 7) is 0.0163. The van der Waals surface area contributed by atoms with E-state index < -0.39 is 59.9 Å². The van der Waals surface area contributed by atoms with Gasteiger partial charge in [-0.05, 0) is 56.2 Å². The molecule has 43 heavy (non-hydrogen) atoms. The highest BCUT2D eigenvalue weighted by Gasteiger charge is 2.41. The molecule has 2 aromatic carbocycles. The van der Waals surface area contributed by atoms with Gasteiger partial charge in [0.2, 0.25) is 0 Å². The van der Waals surface area contributed by atoms with Gasteiger partial charge in [-0.1, -0.05) is 17.7 Å². The summed E-state index contributed by atoms with van der Waals surface area (Å²) in [5.41, 5.74) is -3.47. The number of halogens is 7. The molecule has 1 aliphatic rings. The van der Waals surface area contributed by atoms with Crippen molar-refractivity contribution in [1.82, 2.24) is 34.4 Å². The van der Waals surface area contributed by atoms with E-state index in [4.69, 9.17) is 11.6 Å². The quantitative estimate of drug-likeness (QED) is 0.282. The van der Waals surface area contributed by atoms with Crippen molar-refractivity contribution in [1.29, 1.82) is 0 Å². The zero-order valence-electron chi connectivity index (χ0n) is 22.1. The maximum absolute atomic E-state index is 14.0. The maximum Gasteiger partial charge on any atom is 0.418 e. The lowest BCUT2D eigenvalue weighted by Crippen LogP contribution is -2.37. The molecule has 1 aliphatic carbocycles. The number of rotatable bonds is 8. The number of carbonyl (C=O) groups is 1. The molecular formula is C26H22ClF6N7O3. The van der Waals surface area contributed by atoms with Gasteiger partial charge in [0.1, 0.15) is 12.9 Å². The zero-order chi connectivity index (χ0) is 31.3. The first kappa shape index (κ1) is 30.3. The molecule has 1 saturated carbocycles. The fourth-order valence-electron chi connectivity index (χ4n) is 4.27. The van der Waals surface area contributed by atoms with Crippen LogP contribution in [0, 0.1) is 0 Å². The van der Waals surface area contributed by atoms with Gasteiger partial charge in [-0.2, -0.15) is 26.3 Å². The predicted molar refractivity (Wildman–Crippen MR) is 140 cm³/mol. The van der Waals surface area contributed by atoms with Crippen LogP contribution in [0.5, 0.6) is 0 Å². The van der Waals surface area contributed by atoms with Crippen LogP contribution in [0.25, 0.3) is 17.1 Å². The number of para-hydroxylation sites is 1. The molecule has 4 aromatic rings. The predicted octanol–water partition coefficient (Wildman–Crippen LogP) is 4.22. The molecule has 2 aromatic heterocycles. The van der Waals surface area contributed by atoms with Gasteiger partial charge in [0, 0.05) is 16.1 Å². The molecule has 2 N–H and O–H groups in total. The largest absolute Gasteiger partial charge is 0.418 e. The second-order valence-corrected chi connectivity index (χ2v) is 10.7. The minimum absolute atomic E-state index is 0.201. The molecule has 17 heteroatoms. The van der Waals surface area contributed by atoms with E-state index in [1.807, 2.05) is 0 Å². The summed E-state index contributed by atoms with van der Waals surface area (Å²) >= 11 is 5.89. The topological polar surface area (TPSA) is 120 Å². The number of aliphatic hydroxyl groups excluding tert-OH is 1. The minimum Gasteiger partial charge on any atom is -0.382 e. The van der Waals surface area contributed by atoms with Crippen molar-refractivity contribution in [3.05, 3.63) is 81.3 Å². The van der Waals surface area contributed by atoms with Gasteiger partial charge >= 0.3 is 18.0 Å². The number of nitrogens with one attached hydrogen (secondary N) is 1. The number of amides is 1. The van der Waals surface area contributed by atoms with Crippen molar-refractivity contribution in [3.63, 3.8) is 0 Å². The maximum atomic E-state index is 14.0. The Kier molecular flexibility index (Phi) is 7.62. The van der Waals surface area contributed by atoms with Gasteiger partial charge in [-0.15, -0.1) is 10.2 Å². The molecule has 0 aliphatic heterocycles. The van der Waals surface area contributed by atoms with Crippen molar-refractivity contribution < 1.29 is 36.2 Å². The third-order valence-corrected chi connectivity index (χ3v) is 7.07. The average molecular weight is 630 g/mol. The number of hydrogen-bond acceptors (Lipinski definition) is 6. The Morgan fingerprint density at radius 3 is 2.37 bits per heavy atom. The molecule has 10 nitrogen and oxygen atoms in total. The standard InChI is InChI=1S/C26H22ClF6N7O3/c1-24(9-10-24)35-22(42)16-3-2-4-17(25(28,29)30)20(16)40-13-34-19(36-40)12-39-23(43)38(11-18(41)26(31,32)33)21(37-39)14-5-7-15(27)8-6-14/h2-8,13,18,41H,9-12H2,1H3,(H,35,42)/t18-/m0/s1. The van der Waals surface area contributed by atoms with Crippen molar-refractivity contribution >= 4 is 17.5 Å². The van der Waals surface area contributed by atoms with Crippen molar-refractivity contribution in [2.45, 2.75) is 56.9 Å². The Hall–Kier alpha value is -4.18. The SMILES string of the molecule is CC1(NC(=O)c2cccc(C(F)(F)F)c2-n2cnc(Cn3nc(-c4ccc(Cl)cc4)n(C[C@H](O)C(F)(F)F)c3=O)n2)CC1. The van der Waals surface area contributed by atoms with Gasteiger partial charge in [-0.3, -0.25) is 9.36 Å². The molecule has 2 heterocycles. The Bertz CT molecular complexity index is 1720. The fourth-order valence-corrected chi connectivity index (χ4v) is 4.39. The molecule has 228 valence electrons. The molecule has 0 unspecified atom stereocenters. The van der Waals surface area contributed by atoms with Crippen LogP contribution in [0.3, 0.4) is 0 Å². The Balaban J connectivity index is 1.53. The molecule has 1 amide bonds. The third-order valence-electron chi connectivity index (χ3n) is 6.82. The lowest BCUT2D eigenvalue weighted by molar-refractivity contribution is -0.207. The summed E-state index contributed by atoms with van der Waals surface area (Å²) in [4.78, 5) is 30.1. The van der Waals surface area contributed by atoms with E-state index in [1.165, 1.54) is 30.3 Å². The van der Waals surface area contributed by atoms with E-state index in [9.17, 15) is 41.0 Å².